The third kappa shape index (κ3) is 6440. The summed E-state index contributed by atoms with van der Waals surface area (Å²) in [6.45, 7) is 0. The van der Waals surface area contributed by atoms with Gasteiger partial charge in [-0.2, -0.15) is 0 Å². The van der Waals surface area contributed by atoms with Gasteiger partial charge in [0.25, 0.3) is 0 Å². The molecule has 0 saturated carbocycles. The van der Waals surface area contributed by atoms with Crippen molar-refractivity contribution in [3.63, 3.8) is 0 Å². The monoisotopic (exact) mass is 265 g/mol. The largest absolute Gasteiger partial charge is 0.466 e. The van der Waals surface area contributed by atoms with Gasteiger partial charge in [0, 0.05) is 16.8 Å². The van der Waals surface area contributed by atoms with Crippen molar-refractivity contribution in [2.24, 2.45) is 0 Å². The number of hydrogen-bond donors (Lipinski definition) is 3. The first-order chi connectivity index (χ1) is 2.00. The van der Waals surface area contributed by atoms with E-state index in [1.807, 2.05) is 0 Å². The predicted molar refractivity (Wildman–Crippen MR) is 35.9 cm³/mol. The zero-order valence-electron chi connectivity index (χ0n) is 5.53. The molecule has 0 atom stereocenters. The molecule has 0 rings (SSSR count). The van der Waals surface area contributed by atoms with Crippen LogP contribution in [-0.2, 0) is 21.3 Å². The van der Waals surface area contributed by atoms with Gasteiger partial charge in [-0.25, -0.2) is 4.57 Å². The molecule has 0 aliphatic carbocycles. The summed E-state index contributed by atoms with van der Waals surface area (Å²) in [5.41, 5.74) is 0. The van der Waals surface area contributed by atoms with Gasteiger partial charge < -0.3 is 47.5 Å². The fraction of sp³-hybridized carbons (Fsp3) is 0. The first-order valence-electron chi connectivity index (χ1n) is 0.783. The van der Waals surface area contributed by atoms with Gasteiger partial charge in [0.1, 0.15) is 0 Å². The van der Waals surface area contributed by atoms with Crippen molar-refractivity contribution in [3.05, 3.63) is 0 Å². The van der Waals surface area contributed by atoms with Crippen LogP contribution in [-0.4, -0.2) is 47.5 Å². The molecule has 0 bridgehead atoms. The van der Waals surface area contributed by atoms with Gasteiger partial charge in [0.05, 0.1) is 0 Å². The molecule has 1 radical (unpaired) electrons. The minimum Gasteiger partial charge on any atom is -0.412 e. The van der Waals surface area contributed by atoms with Crippen molar-refractivity contribution in [3.8, 4) is 0 Å². The summed E-state index contributed by atoms with van der Waals surface area (Å²) in [5, 5.41) is 0. The molecule has 10 nitrogen and oxygen atoms in total. The Morgan fingerprint density at radius 1 is 0.667 bits per heavy atom. The van der Waals surface area contributed by atoms with Crippen LogP contribution in [0.1, 0.15) is 0 Å². The topological polar surface area (TPSA) is 267 Å². The van der Waals surface area contributed by atoms with Crippen LogP contribution >= 0.6 is 7.82 Å². The maximum absolute atomic E-state index is 8.88. The van der Waals surface area contributed by atoms with E-state index >= 15 is 0 Å². The standard InChI is InChI=1S/Co.H3O4P.6H2O/c;1-5(2,3)4;;;;;;/h;(H3,1,2,3,4);6*1H2. The van der Waals surface area contributed by atoms with Crippen LogP contribution in [0.25, 0.3) is 0 Å². The zero-order chi connectivity index (χ0) is 4.50. The molecule has 12 heteroatoms. The Bertz CT molecular complexity index is 56.0. The molecular formula is H15CoO10P. The predicted octanol–water partition coefficient (Wildman–Crippen LogP) is -5.88. The van der Waals surface area contributed by atoms with Crippen molar-refractivity contribution in [2.45, 2.75) is 0 Å². The minimum absolute atomic E-state index is 0. The number of rotatable bonds is 0. The average molecular weight is 265 g/mol. The summed E-state index contributed by atoms with van der Waals surface area (Å²) < 4.78 is 8.88. The molecule has 0 aromatic rings. The van der Waals surface area contributed by atoms with E-state index in [4.69, 9.17) is 19.2 Å². The normalized spacial score (nSPS) is 4.92. The molecule has 0 unspecified atom stereocenters. The molecule has 0 saturated heterocycles. The van der Waals surface area contributed by atoms with Gasteiger partial charge in [-0.3, -0.25) is 0 Å². The Morgan fingerprint density at radius 3 is 0.667 bits per heavy atom. The van der Waals surface area contributed by atoms with E-state index in [-0.39, 0.29) is 49.6 Å². The molecule has 12 heavy (non-hydrogen) atoms. The maximum atomic E-state index is 8.88. The maximum Gasteiger partial charge on any atom is 0.466 e. The van der Waals surface area contributed by atoms with E-state index < -0.39 is 7.82 Å². The van der Waals surface area contributed by atoms with Crippen LogP contribution in [0.3, 0.4) is 0 Å². The SMILES string of the molecule is O.O.O.O.O.O.O=P(O)(O)O.[Co]. The van der Waals surface area contributed by atoms with Gasteiger partial charge in [-0.15, -0.1) is 0 Å². The van der Waals surface area contributed by atoms with E-state index in [0.29, 0.717) is 0 Å². The Morgan fingerprint density at radius 2 is 0.667 bits per heavy atom. The van der Waals surface area contributed by atoms with Gasteiger partial charge in [0.15, 0.2) is 0 Å². The van der Waals surface area contributed by atoms with E-state index in [0.717, 1.165) is 0 Å². The van der Waals surface area contributed by atoms with Crippen molar-refractivity contribution < 1.29 is 68.9 Å². The molecule has 0 spiro atoms. The molecular weight excluding hydrogens is 250 g/mol. The fourth-order valence-corrected chi connectivity index (χ4v) is 0. The molecule has 0 amide bonds. The van der Waals surface area contributed by atoms with Crippen LogP contribution in [0.2, 0.25) is 0 Å². The first kappa shape index (κ1) is 83.6. The third-order valence-electron chi connectivity index (χ3n) is 0. The molecule has 0 heterocycles. The molecule has 0 aromatic carbocycles. The van der Waals surface area contributed by atoms with E-state index in [9.17, 15) is 0 Å². The second kappa shape index (κ2) is 30.1. The fourth-order valence-electron chi connectivity index (χ4n) is 0. The van der Waals surface area contributed by atoms with Gasteiger partial charge in [0.2, 0.25) is 0 Å². The summed E-state index contributed by atoms with van der Waals surface area (Å²) in [6.07, 6.45) is 0. The molecule has 0 aliphatic rings. The molecule has 15 N–H and O–H groups in total. The quantitative estimate of drug-likeness (QED) is 0.360. The smallest absolute Gasteiger partial charge is 0.412 e. The number of phosphoric acid groups is 1. The number of hydrogen-bond acceptors (Lipinski definition) is 1. The van der Waals surface area contributed by atoms with E-state index in [1.54, 1.807) is 0 Å². The van der Waals surface area contributed by atoms with E-state index in [1.165, 1.54) is 0 Å². The van der Waals surface area contributed by atoms with Crippen LogP contribution in [0, 0.1) is 0 Å². The minimum atomic E-state index is -4.64. The average Bonchev–Trinajstić information content (AvgIpc) is 0.722. The first-order valence-corrected chi connectivity index (χ1v) is 2.35. The van der Waals surface area contributed by atoms with Gasteiger partial charge in [-0.05, 0) is 0 Å². The summed E-state index contributed by atoms with van der Waals surface area (Å²) in [4.78, 5) is 21.6. The van der Waals surface area contributed by atoms with Crippen LogP contribution in [0.5, 0.6) is 0 Å². The molecule has 89 valence electrons. The van der Waals surface area contributed by atoms with E-state index in [2.05, 4.69) is 0 Å². The van der Waals surface area contributed by atoms with Crippen molar-refractivity contribution >= 4 is 7.82 Å². The second-order valence-corrected chi connectivity index (χ2v) is 1.54. The van der Waals surface area contributed by atoms with Gasteiger partial charge in [-0.1, -0.05) is 0 Å². The third-order valence-corrected chi connectivity index (χ3v) is 0. The molecule has 0 aromatic heterocycles. The molecule has 0 fully saturated rings. The van der Waals surface area contributed by atoms with Crippen LogP contribution in [0.4, 0.5) is 0 Å². The Balaban J connectivity index is -0.00000000381. The Kier molecular flexibility index (Phi) is 210. The second-order valence-electron chi connectivity index (χ2n) is 0.513. The van der Waals surface area contributed by atoms with Crippen LogP contribution in [0.15, 0.2) is 0 Å². The van der Waals surface area contributed by atoms with Gasteiger partial charge >= 0.3 is 7.82 Å². The molecule has 0 aliphatic heterocycles. The van der Waals surface area contributed by atoms with Crippen molar-refractivity contribution in [2.75, 3.05) is 0 Å². The van der Waals surface area contributed by atoms with Crippen molar-refractivity contribution in [1.29, 1.82) is 0 Å². The Hall–Kier alpha value is 0.376. The van der Waals surface area contributed by atoms with Crippen LogP contribution < -0.4 is 0 Å². The zero-order valence-corrected chi connectivity index (χ0v) is 7.47. The Labute approximate surface area is 77.5 Å². The van der Waals surface area contributed by atoms with Crippen molar-refractivity contribution in [1.82, 2.24) is 0 Å². The summed E-state index contributed by atoms with van der Waals surface area (Å²) in [7, 11) is -4.64. The summed E-state index contributed by atoms with van der Waals surface area (Å²) in [5.74, 6) is 0. The summed E-state index contributed by atoms with van der Waals surface area (Å²) >= 11 is 0. The summed E-state index contributed by atoms with van der Waals surface area (Å²) in [6, 6.07) is 0.